The molecule has 0 atom stereocenters. The monoisotopic (exact) mass is 235 g/mol. The standard InChI is InChI=1S/C13H21N3O/c1-4-6-7-9-17-12-10-11(3)15-13(16-12)14-8-5-2/h4,10H,1,5-9H2,2-3H3,(H,14,15,16). The number of rotatable bonds is 8. The number of nitrogens with zero attached hydrogens (tertiary/aromatic N) is 2. The van der Waals surface area contributed by atoms with Gasteiger partial charge in [-0.15, -0.1) is 6.58 Å². The molecule has 1 aromatic heterocycles. The molecule has 0 spiro atoms. The van der Waals surface area contributed by atoms with Crippen LogP contribution in [0, 0.1) is 6.92 Å². The maximum absolute atomic E-state index is 5.57. The summed E-state index contributed by atoms with van der Waals surface area (Å²) in [5.74, 6) is 1.28. The van der Waals surface area contributed by atoms with Crippen molar-refractivity contribution in [3.63, 3.8) is 0 Å². The fraction of sp³-hybridized carbons (Fsp3) is 0.538. The Kier molecular flexibility index (Phi) is 6.07. The van der Waals surface area contributed by atoms with E-state index in [0.717, 1.165) is 31.5 Å². The summed E-state index contributed by atoms with van der Waals surface area (Å²) in [5, 5.41) is 3.16. The smallest absolute Gasteiger partial charge is 0.226 e. The highest BCUT2D eigenvalue weighted by Gasteiger charge is 2.02. The molecular weight excluding hydrogens is 214 g/mol. The summed E-state index contributed by atoms with van der Waals surface area (Å²) in [4.78, 5) is 8.60. The van der Waals surface area contributed by atoms with Gasteiger partial charge in [0, 0.05) is 18.3 Å². The molecule has 0 bridgehead atoms. The van der Waals surface area contributed by atoms with Crippen molar-refractivity contribution in [3.05, 3.63) is 24.4 Å². The van der Waals surface area contributed by atoms with Crippen LogP contribution in [0.5, 0.6) is 5.88 Å². The number of hydrogen-bond acceptors (Lipinski definition) is 4. The van der Waals surface area contributed by atoms with Crippen LogP contribution in [-0.4, -0.2) is 23.1 Å². The van der Waals surface area contributed by atoms with Crippen LogP contribution in [0.2, 0.25) is 0 Å². The first kappa shape index (κ1) is 13.5. The molecule has 1 N–H and O–H groups in total. The van der Waals surface area contributed by atoms with Crippen molar-refractivity contribution in [2.75, 3.05) is 18.5 Å². The minimum absolute atomic E-state index is 0.639. The first-order valence-corrected chi connectivity index (χ1v) is 6.09. The number of ether oxygens (including phenoxy) is 1. The number of hydrogen-bond donors (Lipinski definition) is 1. The van der Waals surface area contributed by atoms with Crippen molar-refractivity contribution in [1.29, 1.82) is 0 Å². The van der Waals surface area contributed by atoms with Gasteiger partial charge in [-0.05, 0) is 26.2 Å². The molecule has 0 saturated carbocycles. The van der Waals surface area contributed by atoms with E-state index >= 15 is 0 Å². The van der Waals surface area contributed by atoms with Crippen LogP contribution in [-0.2, 0) is 0 Å². The predicted molar refractivity (Wildman–Crippen MR) is 70.5 cm³/mol. The van der Waals surface area contributed by atoms with Gasteiger partial charge in [-0.2, -0.15) is 4.98 Å². The number of aryl methyl sites for hydroxylation is 1. The van der Waals surface area contributed by atoms with E-state index in [9.17, 15) is 0 Å². The summed E-state index contributed by atoms with van der Waals surface area (Å²) < 4.78 is 5.57. The van der Waals surface area contributed by atoms with Gasteiger partial charge in [0.05, 0.1) is 6.61 Å². The molecule has 0 unspecified atom stereocenters. The lowest BCUT2D eigenvalue weighted by Gasteiger charge is -2.08. The molecule has 4 heteroatoms. The molecule has 0 fully saturated rings. The van der Waals surface area contributed by atoms with Crippen molar-refractivity contribution in [1.82, 2.24) is 9.97 Å². The van der Waals surface area contributed by atoms with Gasteiger partial charge in [-0.3, -0.25) is 0 Å². The normalized spacial score (nSPS) is 10.0. The predicted octanol–water partition coefficient (Wildman–Crippen LogP) is 2.95. The zero-order chi connectivity index (χ0) is 12.5. The van der Waals surface area contributed by atoms with Crippen molar-refractivity contribution in [2.24, 2.45) is 0 Å². The third-order valence-corrected chi connectivity index (χ3v) is 2.17. The Morgan fingerprint density at radius 2 is 2.29 bits per heavy atom. The molecule has 1 heterocycles. The second-order valence-electron chi connectivity index (χ2n) is 3.88. The Labute approximate surface area is 103 Å². The molecule has 1 rings (SSSR count). The maximum atomic E-state index is 5.57. The molecule has 0 amide bonds. The van der Waals surface area contributed by atoms with E-state index < -0.39 is 0 Å². The molecule has 4 nitrogen and oxygen atoms in total. The van der Waals surface area contributed by atoms with Gasteiger partial charge in [0.1, 0.15) is 0 Å². The van der Waals surface area contributed by atoms with Crippen LogP contribution in [0.15, 0.2) is 18.7 Å². The zero-order valence-electron chi connectivity index (χ0n) is 10.7. The second-order valence-corrected chi connectivity index (χ2v) is 3.88. The minimum atomic E-state index is 0.639. The highest BCUT2D eigenvalue weighted by molar-refractivity contribution is 5.30. The van der Waals surface area contributed by atoms with E-state index in [2.05, 4.69) is 28.8 Å². The molecule has 0 aliphatic carbocycles. The summed E-state index contributed by atoms with van der Waals surface area (Å²) in [7, 11) is 0. The van der Waals surface area contributed by atoms with E-state index in [1.165, 1.54) is 0 Å². The highest BCUT2D eigenvalue weighted by Crippen LogP contribution is 2.12. The SMILES string of the molecule is C=CCCCOc1cc(C)nc(NCCC)n1. The Bertz CT molecular complexity index is 353. The summed E-state index contributed by atoms with van der Waals surface area (Å²) in [5.41, 5.74) is 0.914. The van der Waals surface area contributed by atoms with Gasteiger partial charge < -0.3 is 10.1 Å². The van der Waals surface area contributed by atoms with Crippen molar-refractivity contribution in [3.8, 4) is 5.88 Å². The van der Waals surface area contributed by atoms with E-state index in [1.807, 2.05) is 19.1 Å². The number of nitrogens with one attached hydrogen (secondary N) is 1. The third-order valence-electron chi connectivity index (χ3n) is 2.17. The summed E-state index contributed by atoms with van der Waals surface area (Å²) >= 11 is 0. The number of aromatic nitrogens is 2. The van der Waals surface area contributed by atoms with Gasteiger partial charge in [0.15, 0.2) is 0 Å². The largest absolute Gasteiger partial charge is 0.478 e. The van der Waals surface area contributed by atoms with Crippen LogP contribution in [0.3, 0.4) is 0 Å². The van der Waals surface area contributed by atoms with Gasteiger partial charge in [0.25, 0.3) is 0 Å². The Morgan fingerprint density at radius 3 is 3.00 bits per heavy atom. The molecule has 0 radical (unpaired) electrons. The van der Waals surface area contributed by atoms with E-state index in [-0.39, 0.29) is 0 Å². The van der Waals surface area contributed by atoms with Crippen LogP contribution in [0.1, 0.15) is 31.9 Å². The molecule has 0 aliphatic rings. The molecule has 0 saturated heterocycles. The molecule has 0 aliphatic heterocycles. The number of unbranched alkanes of at least 4 members (excludes halogenated alkanes) is 1. The highest BCUT2D eigenvalue weighted by atomic mass is 16.5. The van der Waals surface area contributed by atoms with Gasteiger partial charge in [-0.1, -0.05) is 13.0 Å². The van der Waals surface area contributed by atoms with Crippen molar-refractivity contribution >= 4 is 5.95 Å². The lowest BCUT2D eigenvalue weighted by molar-refractivity contribution is 0.300. The summed E-state index contributed by atoms with van der Waals surface area (Å²) in [6.07, 6.45) is 4.87. The summed E-state index contributed by atoms with van der Waals surface area (Å²) in [6.45, 7) is 9.26. The van der Waals surface area contributed by atoms with Crippen molar-refractivity contribution in [2.45, 2.75) is 33.1 Å². The van der Waals surface area contributed by atoms with Gasteiger partial charge >= 0.3 is 0 Å². The molecular formula is C13H21N3O. The second kappa shape index (κ2) is 7.65. The quantitative estimate of drug-likeness (QED) is 0.556. The van der Waals surface area contributed by atoms with E-state index in [4.69, 9.17) is 4.74 Å². The lowest BCUT2D eigenvalue weighted by atomic mass is 10.3. The summed E-state index contributed by atoms with van der Waals surface area (Å²) in [6, 6.07) is 1.85. The zero-order valence-corrected chi connectivity index (χ0v) is 10.7. The lowest BCUT2D eigenvalue weighted by Crippen LogP contribution is -2.07. The van der Waals surface area contributed by atoms with Crippen molar-refractivity contribution < 1.29 is 4.74 Å². The fourth-order valence-corrected chi connectivity index (χ4v) is 1.33. The topological polar surface area (TPSA) is 47.0 Å². The van der Waals surface area contributed by atoms with Gasteiger partial charge in [-0.25, -0.2) is 4.98 Å². The first-order chi connectivity index (χ1) is 8.26. The fourth-order valence-electron chi connectivity index (χ4n) is 1.33. The van der Waals surface area contributed by atoms with Crippen LogP contribution in [0.25, 0.3) is 0 Å². The average molecular weight is 235 g/mol. The van der Waals surface area contributed by atoms with E-state index in [0.29, 0.717) is 18.4 Å². The van der Waals surface area contributed by atoms with Gasteiger partial charge in [0.2, 0.25) is 11.8 Å². The van der Waals surface area contributed by atoms with Crippen LogP contribution in [0.4, 0.5) is 5.95 Å². The Hall–Kier alpha value is -1.58. The first-order valence-electron chi connectivity index (χ1n) is 6.09. The molecule has 17 heavy (non-hydrogen) atoms. The van der Waals surface area contributed by atoms with E-state index in [1.54, 1.807) is 0 Å². The maximum Gasteiger partial charge on any atom is 0.226 e. The molecule has 94 valence electrons. The van der Waals surface area contributed by atoms with Crippen LogP contribution < -0.4 is 10.1 Å². The Balaban J connectivity index is 2.52. The molecule has 0 aromatic carbocycles. The minimum Gasteiger partial charge on any atom is -0.478 e. The molecule has 1 aromatic rings. The van der Waals surface area contributed by atoms with Crippen LogP contribution >= 0.6 is 0 Å². The number of allylic oxidation sites excluding steroid dienone is 1. The Morgan fingerprint density at radius 1 is 1.47 bits per heavy atom. The number of anilines is 1. The third kappa shape index (κ3) is 5.33. The average Bonchev–Trinajstić information content (AvgIpc) is 2.31.